The molecule has 1 aromatic rings. The fourth-order valence-corrected chi connectivity index (χ4v) is 1.50. The van der Waals surface area contributed by atoms with Crippen LogP contribution in [0, 0.1) is 5.92 Å². The van der Waals surface area contributed by atoms with Crippen LogP contribution in [0.3, 0.4) is 0 Å². The highest BCUT2D eigenvalue weighted by Gasteiger charge is 2.11. The number of ether oxygens (including phenoxy) is 1. The second kappa shape index (κ2) is 6.64. The predicted octanol–water partition coefficient (Wildman–Crippen LogP) is 2.94. The maximum absolute atomic E-state index is 5.82. The molecule has 2 unspecified atom stereocenters. The first kappa shape index (κ1) is 14.0. The first-order chi connectivity index (χ1) is 8.02. The number of nitrogens with zero attached hydrogens (tertiary/aromatic N) is 2. The van der Waals surface area contributed by atoms with E-state index >= 15 is 0 Å². The molecule has 1 aromatic heterocycles. The van der Waals surface area contributed by atoms with Crippen LogP contribution >= 0.6 is 11.6 Å². The average molecular weight is 258 g/mol. The van der Waals surface area contributed by atoms with E-state index in [0.29, 0.717) is 17.7 Å². The Balaban J connectivity index is 2.65. The van der Waals surface area contributed by atoms with Gasteiger partial charge in [-0.1, -0.05) is 6.92 Å². The summed E-state index contributed by atoms with van der Waals surface area (Å²) in [5.41, 5.74) is 0. The third kappa shape index (κ3) is 4.77. The molecule has 4 nitrogen and oxygen atoms in total. The Morgan fingerprint density at radius 3 is 2.59 bits per heavy atom. The minimum Gasteiger partial charge on any atom is -0.475 e. The van der Waals surface area contributed by atoms with Crippen LogP contribution in [0.25, 0.3) is 0 Å². The molecular weight excluding hydrogens is 238 g/mol. The minimum atomic E-state index is 0.108. The zero-order chi connectivity index (χ0) is 12.8. The van der Waals surface area contributed by atoms with E-state index in [-0.39, 0.29) is 12.1 Å². The molecular formula is C12H20ClN3O. The van der Waals surface area contributed by atoms with Gasteiger partial charge >= 0.3 is 0 Å². The van der Waals surface area contributed by atoms with Gasteiger partial charge in [0.25, 0.3) is 0 Å². The Morgan fingerprint density at radius 2 is 2.00 bits per heavy atom. The maximum Gasteiger partial charge on any atom is 0.218 e. The van der Waals surface area contributed by atoms with Crippen LogP contribution in [0.1, 0.15) is 27.7 Å². The Bertz CT molecular complexity index is 346. The summed E-state index contributed by atoms with van der Waals surface area (Å²) in [4.78, 5) is 8.21. The van der Waals surface area contributed by atoms with Crippen molar-refractivity contribution in [3.05, 3.63) is 12.4 Å². The summed E-state index contributed by atoms with van der Waals surface area (Å²) in [7, 11) is 0. The van der Waals surface area contributed by atoms with Gasteiger partial charge in [-0.15, -0.1) is 11.6 Å². The molecule has 0 aliphatic carbocycles. The van der Waals surface area contributed by atoms with Crippen molar-refractivity contribution >= 4 is 17.4 Å². The summed E-state index contributed by atoms with van der Waals surface area (Å²) in [6.07, 6.45) is 1.61. The smallest absolute Gasteiger partial charge is 0.218 e. The number of rotatable bonds is 6. The molecule has 0 amide bonds. The predicted molar refractivity (Wildman–Crippen MR) is 70.8 cm³/mol. The van der Waals surface area contributed by atoms with E-state index in [1.54, 1.807) is 6.07 Å². The zero-order valence-electron chi connectivity index (χ0n) is 10.8. The van der Waals surface area contributed by atoms with Crippen LogP contribution in [0.15, 0.2) is 12.4 Å². The first-order valence-corrected chi connectivity index (χ1v) is 6.37. The molecule has 0 fully saturated rings. The fraction of sp³-hybridized carbons (Fsp3) is 0.667. The quantitative estimate of drug-likeness (QED) is 0.796. The topological polar surface area (TPSA) is 47.0 Å². The van der Waals surface area contributed by atoms with Crippen LogP contribution in [-0.4, -0.2) is 28.0 Å². The SMILES string of the molecule is CC(C)Oc1cc(NC(C)C(C)CCl)ncn1. The molecule has 0 aliphatic heterocycles. The van der Waals surface area contributed by atoms with E-state index in [9.17, 15) is 0 Å². The molecule has 0 aliphatic rings. The van der Waals surface area contributed by atoms with Crippen molar-refractivity contribution in [2.75, 3.05) is 11.2 Å². The lowest BCUT2D eigenvalue weighted by Gasteiger charge is -2.19. The van der Waals surface area contributed by atoms with E-state index in [0.717, 1.165) is 5.82 Å². The monoisotopic (exact) mass is 257 g/mol. The highest BCUT2D eigenvalue weighted by Crippen LogP contribution is 2.16. The van der Waals surface area contributed by atoms with Gasteiger partial charge < -0.3 is 10.1 Å². The molecule has 1 heterocycles. The summed E-state index contributed by atoms with van der Waals surface area (Å²) in [5, 5.41) is 3.29. The standard InChI is InChI=1S/C12H20ClN3O/c1-8(2)17-12-5-11(14-7-15-12)16-10(4)9(3)6-13/h5,7-10H,6H2,1-4H3,(H,14,15,16). The average Bonchev–Trinajstić information content (AvgIpc) is 2.27. The van der Waals surface area contributed by atoms with E-state index < -0.39 is 0 Å². The van der Waals surface area contributed by atoms with Gasteiger partial charge in [0.2, 0.25) is 5.88 Å². The van der Waals surface area contributed by atoms with E-state index in [1.165, 1.54) is 6.33 Å². The van der Waals surface area contributed by atoms with Crippen LogP contribution in [0.2, 0.25) is 0 Å². The molecule has 2 atom stereocenters. The van der Waals surface area contributed by atoms with Crippen molar-refractivity contribution in [2.24, 2.45) is 5.92 Å². The molecule has 17 heavy (non-hydrogen) atoms. The van der Waals surface area contributed by atoms with Crippen molar-refractivity contribution in [3.63, 3.8) is 0 Å². The van der Waals surface area contributed by atoms with Gasteiger partial charge in [-0.2, -0.15) is 0 Å². The molecule has 96 valence electrons. The first-order valence-electron chi connectivity index (χ1n) is 5.84. The fourth-order valence-electron chi connectivity index (χ4n) is 1.23. The Kier molecular flexibility index (Phi) is 5.48. The van der Waals surface area contributed by atoms with Gasteiger partial charge in [-0.25, -0.2) is 9.97 Å². The lowest BCUT2D eigenvalue weighted by Crippen LogP contribution is -2.25. The van der Waals surface area contributed by atoms with Crippen LogP contribution in [0.4, 0.5) is 5.82 Å². The second-order valence-corrected chi connectivity index (χ2v) is 4.78. The molecule has 0 saturated carbocycles. The normalized spacial score (nSPS) is 14.5. The summed E-state index contributed by atoms with van der Waals surface area (Å²) in [6.45, 7) is 8.11. The van der Waals surface area contributed by atoms with E-state index in [2.05, 4.69) is 29.1 Å². The summed E-state index contributed by atoms with van der Waals surface area (Å²) in [6, 6.07) is 2.06. The van der Waals surface area contributed by atoms with Gasteiger partial charge in [0.15, 0.2) is 0 Å². The number of hydrogen-bond acceptors (Lipinski definition) is 4. The van der Waals surface area contributed by atoms with Crippen molar-refractivity contribution in [2.45, 2.75) is 39.8 Å². The van der Waals surface area contributed by atoms with Crippen LogP contribution in [-0.2, 0) is 0 Å². The largest absolute Gasteiger partial charge is 0.475 e. The molecule has 1 rings (SSSR count). The molecule has 0 radical (unpaired) electrons. The van der Waals surface area contributed by atoms with Crippen molar-refractivity contribution in [1.82, 2.24) is 9.97 Å². The number of nitrogens with one attached hydrogen (secondary N) is 1. The lowest BCUT2D eigenvalue weighted by molar-refractivity contribution is 0.232. The number of hydrogen-bond donors (Lipinski definition) is 1. The second-order valence-electron chi connectivity index (χ2n) is 4.47. The van der Waals surface area contributed by atoms with Gasteiger partial charge in [0, 0.05) is 18.0 Å². The summed E-state index contributed by atoms with van der Waals surface area (Å²) in [5.74, 6) is 2.35. The van der Waals surface area contributed by atoms with Crippen molar-refractivity contribution < 1.29 is 4.74 Å². The van der Waals surface area contributed by atoms with E-state index in [1.807, 2.05) is 13.8 Å². The Morgan fingerprint density at radius 1 is 1.29 bits per heavy atom. The molecule has 0 bridgehead atoms. The molecule has 0 spiro atoms. The van der Waals surface area contributed by atoms with E-state index in [4.69, 9.17) is 16.3 Å². The minimum absolute atomic E-state index is 0.108. The third-order valence-electron chi connectivity index (χ3n) is 2.47. The number of anilines is 1. The number of halogens is 1. The van der Waals surface area contributed by atoms with Crippen LogP contribution in [0.5, 0.6) is 5.88 Å². The number of alkyl halides is 1. The zero-order valence-corrected chi connectivity index (χ0v) is 11.5. The Hall–Kier alpha value is -1.03. The van der Waals surface area contributed by atoms with Gasteiger partial charge in [-0.3, -0.25) is 0 Å². The lowest BCUT2D eigenvalue weighted by atomic mass is 10.1. The highest BCUT2D eigenvalue weighted by molar-refractivity contribution is 6.18. The Labute approximate surface area is 108 Å². The van der Waals surface area contributed by atoms with Gasteiger partial charge in [0.1, 0.15) is 12.1 Å². The maximum atomic E-state index is 5.82. The third-order valence-corrected chi connectivity index (χ3v) is 2.96. The summed E-state index contributed by atoms with van der Waals surface area (Å²) >= 11 is 5.82. The number of aromatic nitrogens is 2. The van der Waals surface area contributed by atoms with Crippen molar-refractivity contribution in [1.29, 1.82) is 0 Å². The van der Waals surface area contributed by atoms with Gasteiger partial charge in [-0.05, 0) is 26.7 Å². The highest BCUT2D eigenvalue weighted by atomic mass is 35.5. The molecule has 1 N–H and O–H groups in total. The van der Waals surface area contributed by atoms with Gasteiger partial charge in [0.05, 0.1) is 6.10 Å². The molecule has 5 heteroatoms. The van der Waals surface area contributed by atoms with Crippen molar-refractivity contribution in [3.8, 4) is 5.88 Å². The molecule has 0 aromatic carbocycles. The van der Waals surface area contributed by atoms with Crippen LogP contribution < -0.4 is 10.1 Å². The molecule has 0 saturated heterocycles. The summed E-state index contributed by atoms with van der Waals surface area (Å²) < 4.78 is 5.51.